The maximum atomic E-state index is 11.9. The number of ketones is 1. The summed E-state index contributed by atoms with van der Waals surface area (Å²) in [6, 6.07) is 5.99. The number of Topliss-reactive ketones (excluding diaryl/α,β-unsaturated/α-hetero) is 1. The second kappa shape index (κ2) is 4.66. The van der Waals surface area contributed by atoms with Gasteiger partial charge in [0.05, 0.1) is 13.0 Å². The average Bonchev–Trinajstić information content (AvgIpc) is 2.29. The Kier molecular flexibility index (Phi) is 3.25. The van der Waals surface area contributed by atoms with Gasteiger partial charge >= 0.3 is 0 Å². The largest absolute Gasteiger partial charge is 0.496 e. The number of hydrogen-bond donors (Lipinski definition) is 1. The molecule has 1 saturated heterocycles. The van der Waals surface area contributed by atoms with Crippen LogP contribution in [0.2, 0.25) is 0 Å². The highest BCUT2D eigenvalue weighted by molar-refractivity contribution is 5.87. The summed E-state index contributed by atoms with van der Waals surface area (Å²) >= 11 is 0. The summed E-state index contributed by atoms with van der Waals surface area (Å²) in [6.07, 6.45) is 0.613. The van der Waals surface area contributed by atoms with Crippen LogP contribution in [0, 0.1) is 6.92 Å². The minimum absolute atomic E-state index is 0.0522. The van der Waals surface area contributed by atoms with Crippen molar-refractivity contribution in [1.82, 2.24) is 5.32 Å². The van der Waals surface area contributed by atoms with Gasteiger partial charge in [-0.05, 0) is 13.0 Å². The van der Waals surface area contributed by atoms with Gasteiger partial charge in [-0.15, -0.1) is 0 Å². The van der Waals surface area contributed by atoms with E-state index in [2.05, 4.69) is 11.4 Å². The minimum atomic E-state index is -0.0522. The number of benzene rings is 1. The number of nitrogens with one attached hydrogen (secondary N) is 1. The zero-order chi connectivity index (χ0) is 11.5. The van der Waals surface area contributed by atoms with Crippen molar-refractivity contribution in [1.29, 1.82) is 0 Å². The molecular formula is C13H17NO2. The Morgan fingerprint density at radius 3 is 2.94 bits per heavy atom. The Bertz CT molecular complexity index is 401. The van der Waals surface area contributed by atoms with Crippen LogP contribution in [0.5, 0.6) is 5.75 Å². The lowest BCUT2D eigenvalue weighted by Gasteiger charge is -2.23. The van der Waals surface area contributed by atoms with Gasteiger partial charge in [-0.1, -0.05) is 17.7 Å². The summed E-state index contributed by atoms with van der Waals surface area (Å²) in [5.74, 6) is 1.07. The average molecular weight is 219 g/mol. The Hall–Kier alpha value is -1.35. The molecule has 1 aliphatic rings. The first-order valence-corrected chi connectivity index (χ1v) is 5.60. The van der Waals surface area contributed by atoms with Crippen molar-refractivity contribution in [3.63, 3.8) is 0 Å². The quantitative estimate of drug-likeness (QED) is 0.822. The molecule has 0 spiro atoms. The molecule has 1 aromatic rings. The number of carbonyl (C=O) groups excluding carboxylic acids is 1. The van der Waals surface area contributed by atoms with Gasteiger partial charge in [-0.2, -0.15) is 0 Å². The van der Waals surface area contributed by atoms with E-state index in [0.717, 1.165) is 30.0 Å². The summed E-state index contributed by atoms with van der Waals surface area (Å²) in [5, 5.41) is 3.26. The van der Waals surface area contributed by atoms with Crippen molar-refractivity contribution in [3.05, 3.63) is 29.3 Å². The maximum Gasteiger partial charge on any atom is 0.143 e. The van der Waals surface area contributed by atoms with Crippen LogP contribution in [-0.4, -0.2) is 26.0 Å². The molecule has 16 heavy (non-hydrogen) atoms. The monoisotopic (exact) mass is 219 g/mol. The molecule has 0 bridgehead atoms. The SMILES string of the molecule is COc1ccc(C)cc1C1CNCCC1=O. The highest BCUT2D eigenvalue weighted by Gasteiger charge is 2.26. The normalized spacial score (nSPS) is 20.9. The van der Waals surface area contributed by atoms with Gasteiger partial charge in [0.2, 0.25) is 0 Å². The predicted octanol–water partition coefficient (Wildman–Crippen LogP) is 1.65. The summed E-state index contributed by atoms with van der Waals surface area (Å²) in [4.78, 5) is 11.9. The molecule has 0 aromatic heterocycles. The fourth-order valence-electron chi connectivity index (χ4n) is 2.16. The molecule has 3 nitrogen and oxygen atoms in total. The van der Waals surface area contributed by atoms with Gasteiger partial charge in [-0.3, -0.25) is 4.79 Å². The molecule has 3 heteroatoms. The number of piperidine rings is 1. The first kappa shape index (κ1) is 11.1. The molecule has 1 heterocycles. The molecular weight excluding hydrogens is 202 g/mol. The van der Waals surface area contributed by atoms with Crippen molar-refractivity contribution >= 4 is 5.78 Å². The molecule has 1 aliphatic heterocycles. The Morgan fingerprint density at radius 1 is 1.44 bits per heavy atom. The van der Waals surface area contributed by atoms with Crippen LogP contribution in [0.3, 0.4) is 0 Å². The Labute approximate surface area is 95.8 Å². The fourth-order valence-corrected chi connectivity index (χ4v) is 2.16. The highest BCUT2D eigenvalue weighted by Crippen LogP contribution is 2.29. The van der Waals surface area contributed by atoms with Crippen LogP contribution < -0.4 is 10.1 Å². The molecule has 1 atom stereocenters. The third-order valence-electron chi connectivity index (χ3n) is 3.05. The molecule has 0 amide bonds. The molecule has 0 aliphatic carbocycles. The van der Waals surface area contributed by atoms with Crippen molar-refractivity contribution < 1.29 is 9.53 Å². The van der Waals surface area contributed by atoms with Crippen molar-refractivity contribution in [2.75, 3.05) is 20.2 Å². The molecule has 86 valence electrons. The van der Waals surface area contributed by atoms with E-state index in [-0.39, 0.29) is 5.92 Å². The molecule has 1 N–H and O–H groups in total. The van der Waals surface area contributed by atoms with Gasteiger partial charge in [0.25, 0.3) is 0 Å². The summed E-state index contributed by atoms with van der Waals surface area (Å²) in [6.45, 7) is 3.55. The number of ether oxygens (including phenoxy) is 1. The third kappa shape index (κ3) is 2.09. The smallest absolute Gasteiger partial charge is 0.143 e. The second-order valence-corrected chi connectivity index (χ2v) is 4.22. The third-order valence-corrected chi connectivity index (χ3v) is 3.05. The number of methoxy groups -OCH3 is 1. The van der Waals surface area contributed by atoms with Crippen LogP contribution >= 0.6 is 0 Å². The van der Waals surface area contributed by atoms with Gasteiger partial charge in [0.15, 0.2) is 0 Å². The summed E-state index contributed by atoms with van der Waals surface area (Å²) in [7, 11) is 1.65. The number of aryl methyl sites for hydroxylation is 1. The van der Waals surface area contributed by atoms with E-state index < -0.39 is 0 Å². The number of carbonyl (C=O) groups is 1. The van der Waals surface area contributed by atoms with E-state index in [1.807, 2.05) is 19.1 Å². The van der Waals surface area contributed by atoms with E-state index in [0.29, 0.717) is 12.2 Å². The van der Waals surface area contributed by atoms with Crippen LogP contribution in [-0.2, 0) is 4.79 Å². The van der Waals surface area contributed by atoms with Crippen LogP contribution in [0.15, 0.2) is 18.2 Å². The van der Waals surface area contributed by atoms with Crippen LogP contribution in [0.25, 0.3) is 0 Å². The van der Waals surface area contributed by atoms with E-state index in [9.17, 15) is 4.79 Å². The predicted molar refractivity (Wildman–Crippen MR) is 63.0 cm³/mol. The standard InChI is InChI=1S/C13H17NO2/c1-9-3-4-13(16-2)10(7-9)11-8-14-6-5-12(11)15/h3-4,7,11,14H,5-6,8H2,1-2H3. The Balaban J connectivity index is 2.36. The van der Waals surface area contributed by atoms with Gasteiger partial charge in [-0.25, -0.2) is 0 Å². The van der Waals surface area contributed by atoms with Gasteiger partial charge < -0.3 is 10.1 Å². The first-order chi connectivity index (χ1) is 7.72. The number of rotatable bonds is 2. The van der Waals surface area contributed by atoms with Gasteiger partial charge in [0.1, 0.15) is 11.5 Å². The van der Waals surface area contributed by atoms with Crippen LogP contribution in [0.1, 0.15) is 23.5 Å². The zero-order valence-electron chi connectivity index (χ0n) is 9.75. The van der Waals surface area contributed by atoms with E-state index in [1.165, 1.54) is 0 Å². The molecule has 2 rings (SSSR count). The fraction of sp³-hybridized carbons (Fsp3) is 0.462. The molecule has 1 fully saturated rings. The van der Waals surface area contributed by atoms with Crippen LogP contribution in [0.4, 0.5) is 0 Å². The minimum Gasteiger partial charge on any atom is -0.496 e. The van der Waals surface area contributed by atoms with Crippen molar-refractivity contribution in [2.45, 2.75) is 19.3 Å². The van der Waals surface area contributed by atoms with E-state index >= 15 is 0 Å². The molecule has 1 unspecified atom stereocenters. The van der Waals surface area contributed by atoms with Gasteiger partial charge in [0, 0.05) is 25.1 Å². The second-order valence-electron chi connectivity index (χ2n) is 4.22. The summed E-state index contributed by atoms with van der Waals surface area (Å²) < 4.78 is 5.32. The van der Waals surface area contributed by atoms with E-state index in [1.54, 1.807) is 7.11 Å². The Morgan fingerprint density at radius 2 is 2.25 bits per heavy atom. The van der Waals surface area contributed by atoms with E-state index in [4.69, 9.17) is 4.74 Å². The molecule has 0 saturated carbocycles. The lowest BCUT2D eigenvalue weighted by molar-refractivity contribution is -0.121. The first-order valence-electron chi connectivity index (χ1n) is 5.60. The molecule has 1 aromatic carbocycles. The lowest BCUT2D eigenvalue weighted by atomic mass is 9.89. The maximum absolute atomic E-state index is 11.9. The van der Waals surface area contributed by atoms with Crippen molar-refractivity contribution in [3.8, 4) is 5.75 Å². The zero-order valence-corrected chi connectivity index (χ0v) is 9.75. The topological polar surface area (TPSA) is 38.3 Å². The highest BCUT2D eigenvalue weighted by atomic mass is 16.5. The number of hydrogen-bond acceptors (Lipinski definition) is 3. The van der Waals surface area contributed by atoms with Crippen molar-refractivity contribution in [2.24, 2.45) is 0 Å². The summed E-state index contributed by atoms with van der Waals surface area (Å²) in [5.41, 5.74) is 2.17. The lowest BCUT2D eigenvalue weighted by Crippen LogP contribution is -2.35. The molecule has 0 radical (unpaired) electrons.